The second kappa shape index (κ2) is 8.76. The van der Waals surface area contributed by atoms with Gasteiger partial charge in [-0.05, 0) is 52.1 Å². The van der Waals surface area contributed by atoms with Gasteiger partial charge < -0.3 is 16.0 Å². The summed E-state index contributed by atoms with van der Waals surface area (Å²) in [6, 6.07) is 6.89. The lowest BCUT2D eigenvalue weighted by molar-refractivity contribution is -0.119. The first-order valence-electron chi connectivity index (χ1n) is 7.11. The van der Waals surface area contributed by atoms with E-state index >= 15 is 0 Å². The zero-order valence-electron chi connectivity index (χ0n) is 13.8. The molecular weight excluding hydrogens is 302 g/mol. The van der Waals surface area contributed by atoms with Gasteiger partial charge in [-0.3, -0.25) is 9.59 Å². The highest BCUT2D eigenvalue weighted by Crippen LogP contribution is 2.12. The summed E-state index contributed by atoms with van der Waals surface area (Å²) in [4.78, 5) is 23.9. The van der Waals surface area contributed by atoms with Crippen molar-refractivity contribution in [2.45, 2.75) is 33.2 Å². The van der Waals surface area contributed by atoms with Crippen molar-refractivity contribution < 1.29 is 9.59 Å². The Morgan fingerprint density at radius 3 is 2.14 bits per heavy atom. The van der Waals surface area contributed by atoms with Gasteiger partial charge in [0.1, 0.15) is 0 Å². The van der Waals surface area contributed by atoms with Crippen LogP contribution in [-0.4, -0.2) is 30.9 Å². The molecule has 1 aromatic carbocycles. The molecule has 3 N–H and O–H groups in total. The predicted octanol–water partition coefficient (Wildman–Crippen LogP) is 2.43. The molecule has 0 aromatic heterocycles. The van der Waals surface area contributed by atoms with E-state index in [0.29, 0.717) is 17.8 Å². The molecule has 0 saturated carbocycles. The fourth-order valence-electron chi connectivity index (χ4n) is 1.78. The molecule has 0 aliphatic carbocycles. The van der Waals surface area contributed by atoms with Crippen LogP contribution in [0.3, 0.4) is 0 Å². The molecule has 0 saturated heterocycles. The van der Waals surface area contributed by atoms with Crippen molar-refractivity contribution in [1.29, 1.82) is 0 Å². The van der Waals surface area contributed by atoms with Gasteiger partial charge in [0.2, 0.25) is 5.91 Å². The number of anilines is 1. The van der Waals surface area contributed by atoms with Gasteiger partial charge >= 0.3 is 0 Å². The summed E-state index contributed by atoms with van der Waals surface area (Å²) >= 11 is 0. The number of rotatable bonds is 5. The molecular formula is C16H26ClN3O2. The van der Waals surface area contributed by atoms with Gasteiger partial charge in [-0.1, -0.05) is 6.92 Å². The Balaban J connectivity index is 0.00000441. The standard InChI is InChI=1S/C16H25N3O2.ClH/c1-11(10-17-5)14(20)18-13-8-6-12(7-9-13)15(21)19-16(2,3)4;/h6-9,11,17H,10H2,1-5H3,(H,18,20)(H,19,21);1H. The fourth-order valence-corrected chi connectivity index (χ4v) is 1.78. The van der Waals surface area contributed by atoms with Crippen LogP contribution in [0.1, 0.15) is 38.1 Å². The van der Waals surface area contributed by atoms with E-state index in [0.717, 1.165) is 0 Å². The second-order valence-electron chi connectivity index (χ2n) is 6.23. The Morgan fingerprint density at radius 2 is 1.68 bits per heavy atom. The summed E-state index contributed by atoms with van der Waals surface area (Å²) in [5.74, 6) is -0.279. The monoisotopic (exact) mass is 327 g/mol. The molecule has 1 atom stereocenters. The second-order valence-corrected chi connectivity index (χ2v) is 6.23. The number of amides is 2. The van der Waals surface area contributed by atoms with Crippen molar-refractivity contribution in [3.63, 3.8) is 0 Å². The van der Waals surface area contributed by atoms with E-state index in [9.17, 15) is 9.59 Å². The molecule has 0 bridgehead atoms. The molecule has 0 radical (unpaired) electrons. The Morgan fingerprint density at radius 1 is 1.14 bits per heavy atom. The van der Waals surface area contributed by atoms with Gasteiger partial charge in [-0.15, -0.1) is 12.4 Å². The van der Waals surface area contributed by atoms with Crippen LogP contribution >= 0.6 is 12.4 Å². The molecule has 1 unspecified atom stereocenters. The van der Waals surface area contributed by atoms with Crippen LogP contribution in [0.4, 0.5) is 5.69 Å². The van der Waals surface area contributed by atoms with E-state index in [1.807, 2.05) is 34.7 Å². The number of nitrogens with one attached hydrogen (secondary N) is 3. The maximum atomic E-state index is 12.0. The third-order valence-electron chi connectivity index (χ3n) is 2.86. The molecule has 124 valence electrons. The molecule has 22 heavy (non-hydrogen) atoms. The van der Waals surface area contributed by atoms with Crippen molar-refractivity contribution in [3.8, 4) is 0 Å². The Labute approximate surface area is 138 Å². The summed E-state index contributed by atoms with van der Waals surface area (Å²) in [5, 5.41) is 8.69. The molecule has 0 heterocycles. The highest BCUT2D eigenvalue weighted by Gasteiger charge is 2.16. The van der Waals surface area contributed by atoms with E-state index in [4.69, 9.17) is 0 Å². The fraction of sp³-hybridized carbons (Fsp3) is 0.500. The van der Waals surface area contributed by atoms with Gasteiger partial charge in [-0.2, -0.15) is 0 Å². The highest BCUT2D eigenvalue weighted by atomic mass is 35.5. The largest absolute Gasteiger partial charge is 0.347 e. The molecule has 6 heteroatoms. The van der Waals surface area contributed by atoms with Crippen LogP contribution in [0.5, 0.6) is 0 Å². The number of benzene rings is 1. The molecule has 5 nitrogen and oxygen atoms in total. The van der Waals surface area contributed by atoms with Crippen molar-refractivity contribution in [2.24, 2.45) is 5.92 Å². The van der Waals surface area contributed by atoms with E-state index in [-0.39, 0.29) is 35.7 Å². The zero-order valence-corrected chi connectivity index (χ0v) is 14.6. The van der Waals surface area contributed by atoms with Crippen molar-refractivity contribution in [1.82, 2.24) is 10.6 Å². The van der Waals surface area contributed by atoms with Crippen molar-refractivity contribution in [2.75, 3.05) is 18.9 Å². The average Bonchev–Trinajstić information content (AvgIpc) is 2.37. The molecule has 0 spiro atoms. The lowest BCUT2D eigenvalue weighted by Crippen LogP contribution is -2.40. The van der Waals surface area contributed by atoms with Gasteiger partial charge in [0.25, 0.3) is 5.91 Å². The van der Waals surface area contributed by atoms with Crippen LogP contribution in [0.15, 0.2) is 24.3 Å². The number of hydrogen-bond donors (Lipinski definition) is 3. The SMILES string of the molecule is CNCC(C)C(=O)Nc1ccc(C(=O)NC(C)(C)C)cc1.Cl. The van der Waals surface area contributed by atoms with E-state index < -0.39 is 0 Å². The number of carbonyl (C=O) groups excluding carboxylic acids is 2. The summed E-state index contributed by atoms with van der Waals surface area (Å²) in [5.41, 5.74) is 0.994. The minimum absolute atomic E-state index is 0. The molecule has 0 aliphatic rings. The van der Waals surface area contributed by atoms with Crippen LogP contribution in [0.2, 0.25) is 0 Å². The highest BCUT2D eigenvalue weighted by molar-refractivity contribution is 5.96. The number of halogens is 1. The molecule has 1 rings (SSSR count). The van der Waals surface area contributed by atoms with Gasteiger partial charge in [-0.25, -0.2) is 0 Å². The Hall–Kier alpha value is -1.59. The van der Waals surface area contributed by atoms with Crippen molar-refractivity contribution >= 4 is 29.9 Å². The first kappa shape index (κ1) is 20.4. The van der Waals surface area contributed by atoms with Crippen molar-refractivity contribution in [3.05, 3.63) is 29.8 Å². The average molecular weight is 328 g/mol. The molecule has 2 amide bonds. The minimum Gasteiger partial charge on any atom is -0.347 e. The summed E-state index contributed by atoms with van der Waals surface area (Å²) in [7, 11) is 1.81. The lowest BCUT2D eigenvalue weighted by atomic mass is 10.1. The molecule has 0 aliphatic heterocycles. The Bertz CT molecular complexity index is 495. The van der Waals surface area contributed by atoms with Crippen LogP contribution in [0, 0.1) is 5.92 Å². The van der Waals surface area contributed by atoms with Gasteiger partial charge in [0.05, 0.1) is 0 Å². The normalized spacial score (nSPS) is 12.0. The van der Waals surface area contributed by atoms with Crippen LogP contribution in [0.25, 0.3) is 0 Å². The first-order chi connectivity index (χ1) is 9.73. The molecule has 1 aromatic rings. The van der Waals surface area contributed by atoms with E-state index in [1.54, 1.807) is 24.3 Å². The maximum absolute atomic E-state index is 12.0. The van der Waals surface area contributed by atoms with Crippen LogP contribution in [-0.2, 0) is 4.79 Å². The van der Waals surface area contributed by atoms with Gasteiger partial charge in [0, 0.05) is 29.3 Å². The maximum Gasteiger partial charge on any atom is 0.251 e. The molecule has 0 fully saturated rings. The first-order valence-corrected chi connectivity index (χ1v) is 7.11. The van der Waals surface area contributed by atoms with E-state index in [1.165, 1.54) is 0 Å². The van der Waals surface area contributed by atoms with E-state index in [2.05, 4.69) is 16.0 Å². The smallest absolute Gasteiger partial charge is 0.251 e. The number of carbonyl (C=O) groups is 2. The lowest BCUT2D eigenvalue weighted by Gasteiger charge is -2.20. The summed E-state index contributed by atoms with van der Waals surface area (Å²) < 4.78 is 0. The summed E-state index contributed by atoms with van der Waals surface area (Å²) in [6.07, 6.45) is 0. The van der Waals surface area contributed by atoms with Crippen LogP contribution < -0.4 is 16.0 Å². The third kappa shape index (κ3) is 6.91. The minimum atomic E-state index is -0.271. The third-order valence-corrected chi connectivity index (χ3v) is 2.86. The topological polar surface area (TPSA) is 70.2 Å². The van der Waals surface area contributed by atoms with Gasteiger partial charge in [0.15, 0.2) is 0 Å². The Kier molecular flexibility index (Phi) is 8.12. The zero-order chi connectivity index (χ0) is 16.0. The summed E-state index contributed by atoms with van der Waals surface area (Å²) in [6.45, 7) is 8.28. The number of hydrogen-bond acceptors (Lipinski definition) is 3. The quantitative estimate of drug-likeness (QED) is 0.778. The predicted molar refractivity (Wildman–Crippen MR) is 92.6 cm³/mol.